The van der Waals surface area contributed by atoms with Crippen LogP contribution in [0.3, 0.4) is 0 Å². The maximum atomic E-state index is 12.3. The van der Waals surface area contributed by atoms with Crippen LogP contribution in [0, 0.1) is 0 Å². The van der Waals surface area contributed by atoms with Crippen molar-refractivity contribution in [2.45, 2.75) is 6.92 Å². The maximum Gasteiger partial charge on any atom is 0.160 e. The molecule has 2 nitrogen and oxygen atoms in total. The summed E-state index contributed by atoms with van der Waals surface area (Å²) in [7, 11) is 0. The molecule has 0 heterocycles. The number of benzene rings is 6. The smallest absolute Gasteiger partial charge is 0.160 e. The first-order valence-electron chi connectivity index (χ1n) is 10.8. The highest BCUT2D eigenvalue weighted by Gasteiger charge is 2.19. The summed E-state index contributed by atoms with van der Waals surface area (Å²) >= 11 is 0. The Kier molecular flexibility index (Phi) is 4.19. The van der Waals surface area contributed by atoms with Gasteiger partial charge in [-0.15, -0.1) is 0 Å². The molecule has 32 heavy (non-hydrogen) atoms. The van der Waals surface area contributed by atoms with Gasteiger partial charge in [0, 0.05) is 22.3 Å². The number of hydrogen-bond acceptors (Lipinski definition) is 2. The first-order chi connectivity index (χ1) is 15.7. The van der Waals surface area contributed by atoms with E-state index in [-0.39, 0.29) is 5.78 Å². The van der Waals surface area contributed by atoms with Gasteiger partial charge in [-0.3, -0.25) is 4.79 Å². The minimum absolute atomic E-state index is 0.0957. The molecular weight excluding hydrogens is 390 g/mol. The van der Waals surface area contributed by atoms with Crippen molar-refractivity contribution in [2.75, 3.05) is 4.90 Å². The molecule has 152 valence electrons. The summed E-state index contributed by atoms with van der Waals surface area (Å²) in [4.78, 5) is 14.6. The van der Waals surface area contributed by atoms with E-state index >= 15 is 0 Å². The van der Waals surface area contributed by atoms with Crippen molar-refractivity contribution >= 4 is 55.2 Å². The predicted molar refractivity (Wildman–Crippen MR) is 135 cm³/mol. The van der Waals surface area contributed by atoms with Crippen LogP contribution in [0.15, 0.2) is 109 Å². The fourth-order valence-corrected chi connectivity index (χ4v) is 4.87. The summed E-state index contributed by atoms with van der Waals surface area (Å²) in [6, 6.07) is 37.9. The van der Waals surface area contributed by atoms with Gasteiger partial charge < -0.3 is 4.90 Å². The second-order valence-corrected chi connectivity index (χ2v) is 8.18. The molecule has 0 radical (unpaired) electrons. The van der Waals surface area contributed by atoms with Crippen molar-refractivity contribution in [3.8, 4) is 0 Å². The molecule has 0 aliphatic heterocycles. The highest BCUT2D eigenvalue weighted by Crippen LogP contribution is 2.44. The third kappa shape index (κ3) is 2.77. The Morgan fingerprint density at radius 2 is 1.06 bits per heavy atom. The van der Waals surface area contributed by atoms with Crippen LogP contribution < -0.4 is 4.90 Å². The lowest BCUT2D eigenvalue weighted by Crippen LogP contribution is -2.10. The van der Waals surface area contributed by atoms with E-state index in [1.165, 1.54) is 16.2 Å². The molecule has 0 amide bonds. The van der Waals surface area contributed by atoms with Gasteiger partial charge in [-0.1, -0.05) is 78.9 Å². The van der Waals surface area contributed by atoms with Crippen molar-refractivity contribution < 1.29 is 4.79 Å². The second kappa shape index (κ2) is 7.21. The fourth-order valence-electron chi connectivity index (χ4n) is 4.87. The average molecular weight is 412 g/mol. The van der Waals surface area contributed by atoms with Crippen LogP contribution in [0.4, 0.5) is 17.1 Å². The lowest BCUT2D eigenvalue weighted by Gasteiger charge is -2.27. The number of nitrogens with zero attached hydrogens (tertiary/aromatic N) is 1. The number of ketones is 1. The summed E-state index contributed by atoms with van der Waals surface area (Å²) in [5, 5.41) is 6.91. The van der Waals surface area contributed by atoms with E-state index in [9.17, 15) is 4.79 Å². The lowest BCUT2D eigenvalue weighted by molar-refractivity contribution is 0.101. The van der Waals surface area contributed by atoms with Crippen molar-refractivity contribution in [1.82, 2.24) is 0 Å². The molecule has 0 unspecified atom stereocenters. The molecule has 0 N–H and O–H groups in total. The van der Waals surface area contributed by atoms with Gasteiger partial charge >= 0.3 is 0 Å². The number of carbonyl (C=O) groups excluding carboxylic acids is 1. The zero-order valence-electron chi connectivity index (χ0n) is 17.7. The Bertz CT molecular complexity index is 1550. The normalized spacial score (nSPS) is 11.4. The minimum atomic E-state index is 0.0957. The zero-order valence-corrected chi connectivity index (χ0v) is 17.7. The Hall–Kier alpha value is -4.17. The second-order valence-electron chi connectivity index (χ2n) is 8.18. The number of rotatable bonds is 4. The monoisotopic (exact) mass is 411 g/mol. The summed E-state index contributed by atoms with van der Waals surface area (Å²) in [5.74, 6) is 0.0957. The SMILES string of the molecule is CC(=O)c1ccc2ccc3ccc(N(c4ccccc4)c4ccccc4)c4ccc1c2c34. The largest absolute Gasteiger partial charge is 0.310 e. The van der Waals surface area contributed by atoms with Crippen LogP contribution in [-0.4, -0.2) is 5.78 Å². The van der Waals surface area contributed by atoms with Gasteiger partial charge in [-0.2, -0.15) is 0 Å². The predicted octanol–water partition coefficient (Wildman–Crippen LogP) is 8.26. The van der Waals surface area contributed by atoms with Gasteiger partial charge in [-0.25, -0.2) is 0 Å². The Balaban J connectivity index is 1.73. The van der Waals surface area contributed by atoms with Crippen molar-refractivity contribution in [2.24, 2.45) is 0 Å². The number of Topliss-reactive ketones (excluding diaryl/α,β-unsaturated/α-hetero) is 1. The van der Waals surface area contributed by atoms with Gasteiger partial charge in [0.2, 0.25) is 0 Å². The molecule has 0 spiro atoms. The molecule has 0 saturated carbocycles. The number of anilines is 3. The van der Waals surface area contributed by atoms with Crippen molar-refractivity contribution in [3.05, 3.63) is 115 Å². The van der Waals surface area contributed by atoms with E-state index in [4.69, 9.17) is 0 Å². The molecule has 0 aliphatic carbocycles. The van der Waals surface area contributed by atoms with E-state index in [0.29, 0.717) is 0 Å². The number of carbonyl (C=O) groups is 1. The van der Waals surface area contributed by atoms with Gasteiger partial charge in [-0.05, 0) is 64.2 Å². The lowest BCUT2D eigenvalue weighted by atomic mass is 9.90. The van der Waals surface area contributed by atoms with Crippen LogP contribution in [-0.2, 0) is 0 Å². The van der Waals surface area contributed by atoms with Gasteiger partial charge in [0.15, 0.2) is 5.78 Å². The number of hydrogen-bond donors (Lipinski definition) is 0. The third-order valence-corrected chi connectivity index (χ3v) is 6.29. The summed E-state index contributed by atoms with van der Waals surface area (Å²) in [6.45, 7) is 1.64. The fraction of sp³-hybridized carbons (Fsp3) is 0.0333. The third-order valence-electron chi connectivity index (χ3n) is 6.29. The summed E-state index contributed by atoms with van der Waals surface area (Å²) in [6.07, 6.45) is 0. The minimum Gasteiger partial charge on any atom is -0.310 e. The molecule has 6 aromatic rings. The molecular formula is C30H21NO. The van der Waals surface area contributed by atoms with Crippen LogP contribution in [0.25, 0.3) is 32.3 Å². The van der Waals surface area contributed by atoms with E-state index in [1.54, 1.807) is 6.92 Å². The van der Waals surface area contributed by atoms with E-state index in [0.717, 1.165) is 38.8 Å². The molecule has 0 atom stereocenters. The first-order valence-corrected chi connectivity index (χ1v) is 10.8. The Morgan fingerprint density at radius 1 is 0.562 bits per heavy atom. The molecule has 0 bridgehead atoms. The van der Waals surface area contributed by atoms with Gasteiger partial charge in [0.05, 0.1) is 5.69 Å². The standard InChI is InChI=1S/C30H21NO/c1-20(32)25-16-14-21-12-13-22-15-19-28(27-18-17-26(25)29(21)30(22)27)31(23-8-4-2-5-9-23)24-10-6-3-7-11-24/h2-19H,1H3. The Labute approximate surface area is 186 Å². The van der Waals surface area contributed by atoms with Gasteiger partial charge in [0.1, 0.15) is 0 Å². The molecule has 0 aromatic heterocycles. The molecule has 2 heteroatoms. The molecule has 6 aromatic carbocycles. The summed E-state index contributed by atoms with van der Waals surface area (Å²) in [5.41, 5.74) is 4.12. The molecule has 6 rings (SSSR count). The van der Waals surface area contributed by atoms with Crippen LogP contribution >= 0.6 is 0 Å². The van der Waals surface area contributed by atoms with Crippen molar-refractivity contribution in [3.63, 3.8) is 0 Å². The van der Waals surface area contributed by atoms with E-state index in [1.807, 2.05) is 18.2 Å². The maximum absolute atomic E-state index is 12.3. The summed E-state index contributed by atoms with van der Waals surface area (Å²) < 4.78 is 0. The van der Waals surface area contributed by atoms with Crippen LogP contribution in [0.2, 0.25) is 0 Å². The van der Waals surface area contributed by atoms with E-state index < -0.39 is 0 Å². The number of para-hydroxylation sites is 2. The zero-order chi connectivity index (χ0) is 21.7. The Morgan fingerprint density at radius 3 is 1.66 bits per heavy atom. The molecule has 0 fully saturated rings. The van der Waals surface area contributed by atoms with Crippen LogP contribution in [0.5, 0.6) is 0 Å². The highest BCUT2D eigenvalue weighted by atomic mass is 16.1. The highest BCUT2D eigenvalue weighted by molar-refractivity contribution is 6.28. The topological polar surface area (TPSA) is 20.3 Å². The first kappa shape index (κ1) is 18.6. The van der Waals surface area contributed by atoms with E-state index in [2.05, 4.69) is 95.9 Å². The van der Waals surface area contributed by atoms with Gasteiger partial charge in [0.25, 0.3) is 0 Å². The van der Waals surface area contributed by atoms with Crippen molar-refractivity contribution in [1.29, 1.82) is 0 Å². The quantitative estimate of drug-likeness (QED) is 0.215. The molecule has 0 aliphatic rings. The van der Waals surface area contributed by atoms with Crippen LogP contribution in [0.1, 0.15) is 17.3 Å². The molecule has 0 saturated heterocycles. The average Bonchev–Trinajstić information content (AvgIpc) is 2.84.